The minimum Gasteiger partial charge on any atom is -0.481 e. The predicted octanol–water partition coefficient (Wildman–Crippen LogP) is 3.66. The third-order valence-electron chi connectivity index (χ3n) is 3.27. The summed E-state index contributed by atoms with van der Waals surface area (Å²) in [5.41, 5.74) is 2.06. The molecule has 1 amide bonds. The highest BCUT2D eigenvalue weighted by Crippen LogP contribution is 2.17. The van der Waals surface area contributed by atoms with Crippen molar-refractivity contribution >= 4 is 11.6 Å². The van der Waals surface area contributed by atoms with Crippen LogP contribution in [0.3, 0.4) is 0 Å². The van der Waals surface area contributed by atoms with E-state index in [2.05, 4.69) is 11.4 Å². The molecule has 0 heterocycles. The van der Waals surface area contributed by atoms with Crippen molar-refractivity contribution in [1.82, 2.24) is 0 Å². The Morgan fingerprint density at radius 1 is 1.23 bits per heavy atom. The number of nitriles is 1. The molecule has 0 aliphatic rings. The minimum atomic E-state index is -0.602. The van der Waals surface area contributed by atoms with Gasteiger partial charge in [0.15, 0.2) is 6.10 Å². The number of hydrogen-bond acceptors (Lipinski definition) is 3. The minimum absolute atomic E-state index is 0.259. The van der Waals surface area contributed by atoms with Gasteiger partial charge in [-0.3, -0.25) is 4.79 Å². The third kappa shape index (κ3) is 3.86. The predicted molar refractivity (Wildman–Crippen MR) is 85.7 cm³/mol. The van der Waals surface area contributed by atoms with E-state index in [-0.39, 0.29) is 5.91 Å². The topological polar surface area (TPSA) is 62.1 Å². The first-order chi connectivity index (χ1) is 10.6. The van der Waals surface area contributed by atoms with E-state index in [0.717, 1.165) is 5.56 Å². The third-order valence-corrected chi connectivity index (χ3v) is 3.27. The van der Waals surface area contributed by atoms with Gasteiger partial charge in [-0.1, -0.05) is 36.8 Å². The zero-order chi connectivity index (χ0) is 15.9. The van der Waals surface area contributed by atoms with Crippen molar-refractivity contribution in [2.75, 3.05) is 5.32 Å². The molecular weight excluding hydrogens is 276 g/mol. The maximum absolute atomic E-state index is 12.3. The van der Waals surface area contributed by atoms with Gasteiger partial charge in [0.2, 0.25) is 0 Å². The molecule has 0 fully saturated rings. The summed E-state index contributed by atoms with van der Waals surface area (Å²) in [4.78, 5) is 12.3. The maximum atomic E-state index is 12.3. The molecule has 0 bridgehead atoms. The molecule has 2 aromatic carbocycles. The molecule has 0 aromatic heterocycles. The number of hydrogen-bond donors (Lipinski definition) is 1. The standard InChI is InChI=1S/C18H18N2O2/c1-3-17(22-15-10-8-13(2)9-11-15)18(21)20-16-7-5-4-6-14(16)12-19/h4-11,17H,3H2,1-2H3,(H,20,21)/t17-/m1/s1. The number of nitrogens with one attached hydrogen (secondary N) is 1. The number of benzene rings is 2. The van der Waals surface area contributed by atoms with Gasteiger partial charge in [0.1, 0.15) is 11.8 Å². The largest absolute Gasteiger partial charge is 0.481 e. The summed E-state index contributed by atoms with van der Waals surface area (Å²) in [5.74, 6) is 0.395. The summed E-state index contributed by atoms with van der Waals surface area (Å²) in [6.45, 7) is 3.88. The lowest BCUT2D eigenvalue weighted by molar-refractivity contribution is -0.122. The van der Waals surface area contributed by atoms with Gasteiger partial charge in [-0.05, 0) is 37.6 Å². The average molecular weight is 294 g/mol. The quantitative estimate of drug-likeness (QED) is 0.915. The first-order valence-corrected chi connectivity index (χ1v) is 7.17. The van der Waals surface area contributed by atoms with Crippen LogP contribution in [0.25, 0.3) is 0 Å². The van der Waals surface area contributed by atoms with Crippen LogP contribution in [0.2, 0.25) is 0 Å². The molecule has 2 rings (SSSR count). The fraction of sp³-hybridized carbons (Fsp3) is 0.222. The molecular formula is C18H18N2O2. The lowest BCUT2D eigenvalue weighted by Crippen LogP contribution is -2.32. The Balaban J connectivity index is 2.09. The zero-order valence-electron chi connectivity index (χ0n) is 12.7. The second kappa shape index (κ2) is 7.28. The number of aryl methyl sites for hydroxylation is 1. The first kappa shape index (κ1) is 15.6. The number of para-hydroxylation sites is 1. The van der Waals surface area contributed by atoms with Crippen LogP contribution >= 0.6 is 0 Å². The van der Waals surface area contributed by atoms with Gasteiger partial charge in [0, 0.05) is 0 Å². The fourth-order valence-electron chi connectivity index (χ4n) is 2.01. The summed E-state index contributed by atoms with van der Waals surface area (Å²) in [6, 6.07) is 16.5. The van der Waals surface area contributed by atoms with Gasteiger partial charge < -0.3 is 10.1 Å². The number of ether oxygens (including phenoxy) is 1. The van der Waals surface area contributed by atoms with Crippen molar-refractivity contribution in [3.05, 3.63) is 59.7 Å². The molecule has 0 aliphatic heterocycles. The fourth-order valence-corrected chi connectivity index (χ4v) is 2.01. The van der Waals surface area contributed by atoms with Gasteiger partial charge in [0.05, 0.1) is 11.3 Å². The highest BCUT2D eigenvalue weighted by Gasteiger charge is 2.19. The van der Waals surface area contributed by atoms with E-state index in [1.165, 1.54) is 0 Å². The Labute approximate surface area is 130 Å². The summed E-state index contributed by atoms with van der Waals surface area (Å²) >= 11 is 0. The van der Waals surface area contributed by atoms with Gasteiger partial charge in [-0.2, -0.15) is 5.26 Å². The number of rotatable bonds is 5. The molecule has 1 N–H and O–H groups in total. The Morgan fingerprint density at radius 2 is 1.91 bits per heavy atom. The lowest BCUT2D eigenvalue weighted by atomic mass is 10.1. The molecule has 0 spiro atoms. The molecule has 1 atom stereocenters. The molecule has 112 valence electrons. The molecule has 0 aliphatic carbocycles. The molecule has 2 aromatic rings. The van der Waals surface area contributed by atoms with E-state index >= 15 is 0 Å². The maximum Gasteiger partial charge on any atom is 0.265 e. The van der Waals surface area contributed by atoms with Crippen molar-refractivity contribution in [2.45, 2.75) is 26.4 Å². The summed E-state index contributed by atoms with van der Waals surface area (Å²) in [5, 5.41) is 11.8. The Bertz CT molecular complexity index is 687. The smallest absolute Gasteiger partial charge is 0.265 e. The van der Waals surface area contributed by atoms with Crippen LogP contribution in [0.4, 0.5) is 5.69 Å². The normalized spacial score (nSPS) is 11.3. The van der Waals surface area contributed by atoms with Crippen LogP contribution in [0, 0.1) is 18.3 Å². The van der Waals surface area contributed by atoms with E-state index in [9.17, 15) is 4.79 Å². The van der Waals surface area contributed by atoms with Crippen LogP contribution in [0.1, 0.15) is 24.5 Å². The number of carbonyl (C=O) groups excluding carboxylic acids is 1. The van der Waals surface area contributed by atoms with Gasteiger partial charge in [-0.25, -0.2) is 0 Å². The molecule has 22 heavy (non-hydrogen) atoms. The van der Waals surface area contributed by atoms with Crippen LogP contribution in [0.5, 0.6) is 5.75 Å². The number of amides is 1. The van der Waals surface area contributed by atoms with Crippen molar-refractivity contribution in [2.24, 2.45) is 0 Å². The van der Waals surface area contributed by atoms with Crippen LogP contribution < -0.4 is 10.1 Å². The van der Waals surface area contributed by atoms with Crippen molar-refractivity contribution in [3.63, 3.8) is 0 Å². The molecule has 0 saturated heterocycles. The Hall–Kier alpha value is -2.80. The molecule has 0 saturated carbocycles. The van der Waals surface area contributed by atoms with Crippen LogP contribution in [0.15, 0.2) is 48.5 Å². The van der Waals surface area contributed by atoms with E-state index in [0.29, 0.717) is 23.4 Å². The Morgan fingerprint density at radius 3 is 2.55 bits per heavy atom. The highest BCUT2D eigenvalue weighted by molar-refractivity contribution is 5.95. The van der Waals surface area contributed by atoms with E-state index in [1.807, 2.05) is 38.1 Å². The molecule has 0 unspecified atom stereocenters. The van der Waals surface area contributed by atoms with Crippen molar-refractivity contribution < 1.29 is 9.53 Å². The second-order valence-corrected chi connectivity index (χ2v) is 4.97. The van der Waals surface area contributed by atoms with Crippen LogP contribution in [-0.2, 0) is 4.79 Å². The van der Waals surface area contributed by atoms with Gasteiger partial charge in [-0.15, -0.1) is 0 Å². The summed E-state index contributed by atoms with van der Waals surface area (Å²) in [6.07, 6.45) is -0.0662. The van der Waals surface area contributed by atoms with Gasteiger partial charge in [0.25, 0.3) is 5.91 Å². The van der Waals surface area contributed by atoms with Crippen LogP contribution in [-0.4, -0.2) is 12.0 Å². The summed E-state index contributed by atoms with van der Waals surface area (Å²) < 4.78 is 5.73. The zero-order valence-corrected chi connectivity index (χ0v) is 12.7. The van der Waals surface area contributed by atoms with E-state index in [1.54, 1.807) is 24.3 Å². The van der Waals surface area contributed by atoms with Crippen molar-refractivity contribution in [1.29, 1.82) is 5.26 Å². The highest BCUT2D eigenvalue weighted by atomic mass is 16.5. The SMILES string of the molecule is CC[C@@H](Oc1ccc(C)cc1)C(=O)Nc1ccccc1C#N. The van der Waals surface area contributed by atoms with E-state index in [4.69, 9.17) is 10.00 Å². The average Bonchev–Trinajstić information content (AvgIpc) is 2.54. The lowest BCUT2D eigenvalue weighted by Gasteiger charge is -2.17. The number of carbonyl (C=O) groups is 1. The van der Waals surface area contributed by atoms with Crippen molar-refractivity contribution in [3.8, 4) is 11.8 Å². The molecule has 4 nitrogen and oxygen atoms in total. The first-order valence-electron chi connectivity index (χ1n) is 7.17. The second-order valence-electron chi connectivity index (χ2n) is 4.97. The molecule has 4 heteroatoms. The summed E-state index contributed by atoms with van der Waals surface area (Å²) in [7, 11) is 0. The molecule has 0 radical (unpaired) electrons. The van der Waals surface area contributed by atoms with E-state index < -0.39 is 6.10 Å². The number of anilines is 1. The van der Waals surface area contributed by atoms with Gasteiger partial charge >= 0.3 is 0 Å². The monoisotopic (exact) mass is 294 g/mol. The number of nitrogens with zero attached hydrogens (tertiary/aromatic N) is 1. The Kier molecular flexibility index (Phi) is 5.16.